The molecule has 0 saturated heterocycles. The Morgan fingerprint density at radius 1 is 0.607 bits per heavy atom. The van der Waals surface area contributed by atoms with Crippen molar-refractivity contribution in [2.24, 2.45) is 0 Å². The van der Waals surface area contributed by atoms with Gasteiger partial charge in [-0.15, -0.1) is 23.3 Å². The summed E-state index contributed by atoms with van der Waals surface area (Å²) in [5.41, 5.74) is 6.45. The van der Waals surface area contributed by atoms with Crippen LogP contribution < -0.4 is 37.2 Å². The molecule has 0 saturated carbocycles. The van der Waals surface area contributed by atoms with E-state index in [2.05, 4.69) is 103 Å². The zero-order valence-corrected chi connectivity index (χ0v) is 19.0. The third kappa shape index (κ3) is 6.11. The van der Waals surface area contributed by atoms with Gasteiger partial charge in [0.05, 0.1) is 0 Å². The van der Waals surface area contributed by atoms with Gasteiger partial charge in [0.2, 0.25) is 0 Å². The standard InChI is InChI=1S/C24H19.3ClH.Ti/c1-4-10-19(11-5-1)22-16-17-23(18-22)24(20-12-6-2-7-13-20)21-14-8-3-9-15-21;;;;/h1-16,24H,17H2;3*1H;/q-1;;;;+4/p-3. The minimum atomic E-state index is 0. The topological polar surface area (TPSA) is 0 Å². The van der Waals surface area contributed by atoms with Gasteiger partial charge in [-0.1, -0.05) is 85.3 Å². The fourth-order valence-corrected chi connectivity index (χ4v) is 3.37. The first-order chi connectivity index (χ1) is 11.9. The summed E-state index contributed by atoms with van der Waals surface area (Å²) in [5.74, 6) is 0.268. The molecule has 4 rings (SSSR count). The number of benzene rings is 3. The Hall–Kier alpha value is -1.28. The van der Waals surface area contributed by atoms with Crippen LogP contribution in [0.1, 0.15) is 29.0 Å². The molecule has 0 heterocycles. The van der Waals surface area contributed by atoms with Crippen molar-refractivity contribution in [1.82, 2.24) is 0 Å². The Balaban J connectivity index is 0.00000182. The Morgan fingerprint density at radius 3 is 1.50 bits per heavy atom. The predicted molar refractivity (Wildman–Crippen MR) is 101 cm³/mol. The Labute approximate surface area is 201 Å². The quantitative estimate of drug-likeness (QED) is 0.288. The van der Waals surface area contributed by atoms with Gasteiger partial charge >= 0.3 is 21.7 Å². The van der Waals surface area contributed by atoms with E-state index in [1.54, 1.807) is 0 Å². The van der Waals surface area contributed by atoms with Crippen molar-refractivity contribution in [3.05, 3.63) is 125 Å². The number of allylic oxidation sites excluding steroid dienone is 4. The van der Waals surface area contributed by atoms with Crippen LogP contribution in [0.3, 0.4) is 0 Å². The van der Waals surface area contributed by atoms with Gasteiger partial charge < -0.3 is 37.2 Å². The fraction of sp³-hybridized carbons (Fsp3) is 0.0833. The molecule has 0 amide bonds. The van der Waals surface area contributed by atoms with E-state index in [1.165, 1.54) is 27.8 Å². The van der Waals surface area contributed by atoms with E-state index in [1.807, 2.05) is 0 Å². The van der Waals surface area contributed by atoms with Crippen LogP contribution in [0.5, 0.6) is 0 Å². The van der Waals surface area contributed by atoms with Crippen molar-refractivity contribution in [3.8, 4) is 0 Å². The largest absolute Gasteiger partial charge is 4.00 e. The van der Waals surface area contributed by atoms with Gasteiger partial charge in [0.15, 0.2) is 0 Å². The summed E-state index contributed by atoms with van der Waals surface area (Å²) in [4.78, 5) is 0. The van der Waals surface area contributed by atoms with Gasteiger partial charge in [-0.05, 0) is 11.1 Å². The first-order valence-corrected chi connectivity index (χ1v) is 8.40. The molecule has 1 aliphatic rings. The monoisotopic (exact) mass is 460 g/mol. The first-order valence-electron chi connectivity index (χ1n) is 8.40. The molecular weight excluding hydrogens is 442 g/mol. The summed E-state index contributed by atoms with van der Waals surface area (Å²) in [6, 6.07) is 32.0. The zero-order valence-electron chi connectivity index (χ0n) is 15.2. The van der Waals surface area contributed by atoms with Gasteiger partial charge in [0.1, 0.15) is 0 Å². The van der Waals surface area contributed by atoms with E-state index in [4.69, 9.17) is 0 Å². The number of hydrogen-bond donors (Lipinski definition) is 0. The van der Waals surface area contributed by atoms with Crippen LogP contribution in [0.25, 0.3) is 5.57 Å². The zero-order chi connectivity index (χ0) is 16.2. The summed E-state index contributed by atoms with van der Waals surface area (Å²) < 4.78 is 0. The van der Waals surface area contributed by atoms with Crippen LogP contribution in [0.15, 0.2) is 103 Å². The molecule has 3 aromatic rings. The average molecular weight is 462 g/mol. The summed E-state index contributed by atoms with van der Waals surface area (Å²) in [5, 5.41) is 0. The maximum atomic E-state index is 3.68. The number of rotatable bonds is 4. The van der Waals surface area contributed by atoms with Crippen molar-refractivity contribution < 1.29 is 58.9 Å². The van der Waals surface area contributed by atoms with E-state index in [-0.39, 0.29) is 64.9 Å². The molecule has 140 valence electrons. The van der Waals surface area contributed by atoms with Crippen LogP contribution in [-0.2, 0) is 21.7 Å². The van der Waals surface area contributed by atoms with E-state index < -0.39 is 0 Å². The molecular formula is C24H19Cl3Ti. The van der Waals surface area contributed by atoms with Crippen LogP contribution in [-0.4, -0.2) is 0 Å². The van der Waals surface area contributed by atoms with Crippen LogP contribution in [0, 0.1) is 6.08 Å². The van der Waals surface area contributed by atoms with Crippen LogP contribution in [0.2, 0.25) is 0 Å². The van der Waals surface area contributed by atoms with Gasteiger partial charge in [0.25, 0.3) is 0 Å². The van der Waals surface area contributed by atoms with E-state index in [9.17, 15) is 0 Å². The van der Waals surface area contributed by atoms with E-state index >= 15 is 0 Å². The maximum Gasteiger partial charge on any atom is 4.00 e. The summed E-state index contributed by atoms with van der Waals surface area (Å²) in [6.07, 6.45) is 6.93. The van der Waals surface area contributed by atoms with Gasteiger partial charge in [0, 0.05) is 5.92 Å². The normalized spacial score (nSPS) is 11.8. The van der Waals surface area contributed by atoms with Gasteiger partial charge in [-0.2, -0.15) is 17.7 Å². The predicted octanol–water partition coefficient (Wildman–Crippen LogP) is -2.96. The molecule has 0 radical (unpaired) electrons. The first kappa shape index (κ1) is 26.7. The second-order valence-corrected chi connectivity index (χ2v) is 6.09. The minimum absolute atomic E-state index is 0. The smallest absolute Gasteiger partial charge is 1.00 e. The molecule has 28 heavy (non-hydrogen) atoms. The van der Waals surface area contributed by atoms with Crippen molar-refractivity contribution in [1.29, 1.82) is 0 Å². The van der Waals surface area contributed by atoms with Crippen molar-refractivity contribution >= 4 is 5.57 Å². The molecule has 0 nitrogen and oxygen atoms in total. The molecule has 0 fully saturated rings. The van der Waals surface area contributed by atoms with Crippen molar-refractivity contribution in [2.45, 2.75) is 12.3 Å². The van der Waals surface area contributed by atoms with Gasteiger partial charge in [-0.3, -0.25) is 0 Å². The molecule has 0 bridgehead atoms. The summed E-state index contributed by atoms with van der Waals surface area (Å²) in [7, 11) is 0. The molecule has 0 unspecified atom stereocenters. The number of halogens is 3. The Kier molecular flexibility index (Phi) is 12.4. The second kappa shape index (κ2) is 13.0. The van der Waals surface area contributed by atoms with Gasteiger partial charge in [-0.25, -0.2) is 0 Å². The Morgan fingerprint density at radius 2 is 1.04 bits per heavy atom. The molecule has 0 N–H and O–H groups in total. The van der Waals surface area contributed by atoms with Crippen molar-refractivity contribution in [2.75, 3.05) is 0 Å². The molecule has 0 aliphatic heterocycles. The maximum absolute atomic E-state index is 3.68. The molecule has 4 heteroatoms. The number of hydrogen-bond acceptors (Lipinski definition) is 0. The van der Waals surface area contributed by atoms with Crippen LogP contribution in [0.4, 0.5) is 0 Å². The minimum Gasteiger partial charge on any atom is -1.00 e. The van der Waals surface area contributed by atoms with Crippen LogP contribution >= 0.6 is 0 Å². The fourth-order valence-electron chi connectivity index (χ4n) is 3.37. The second-order valence-electron chi connectivity index (χ2n) is 6.09. The SMILES string of the molecule is [C-]1=C(C(c2ccccc2)c2ccccc2)CC=C1c1ccccc1.[Cl-].[Cl-].[Cl-].[Ti+4]. The molecule has 0 aromatic heterocycles. The Bertz CT molecular complexity index is 836. The molecule has 0 spiro atoms. The summed E-state index contributed by atoms with van der Waals surface area (Å²) in [6.45, 7) is 0. The third-order valence-corrected chi connectivity index (χ3v) is 4.52. The summed E-state index contributed by atoms with van der Waals surface area (Å²) >= 11 is 0. The average Bonchev–Trinajstić information content (AvgIpc) is 3.14. The van der Waals surface area contributed by atoms with Crippen molar-refractivity contribution in [3.63, 3.8) is 0 Å². The van der Waals surface area contributed by atoms with E-state index in [0.717, 1.165) is 6.42 Å². The molecule has 3 aromatic carbocycles. The van der Waals surface area contributed by atoms with E-state index in [0.29, 0.717) is 0 Å². The molecule has 1 aliphatic carbocycles. The molecule has 0 atom stereocenters. The third-order valence-electron chi connectivity index (χ3n) is 4.52.